The molecule has 0 aliphatic heterocycles. The Labute approximate surface area is 191 Å². The van der Waals surface area contributed by atoms with Crippen molar-refractivity contribution in [3.8, 4) is 11.3 Å². The summed E-state index contributed by atoms with van der Waals surface area (Å²) in [5, 5.41) is 4.59. The highest BCUT2D eigenvalue weighted by Crippen LogP contribution is 2.27. The van der Waals surface area contributed by atoms with Gasteiger partial charge in [-0.1, -0.05) is 36.4 Å². The van der Waals surface area contributed by atoms with E-state index >= 15 is 0 Å². The normalized spacial score (nSPS) is 10.7. The Morgan fingerprint density at radius 2 is 1.79 bits per heavy atom. The Kier molecular flexibility index (Phi) is 6.05. The van der Waals surface area contributed by atoms with Crippen LogP contribution in [-0.4, -0.2) is 24.4 Å². The van der Waals surface area contributed by atoms with Crippen molar-refractivity contribution in [3.05, 3.63) is 86.9 Å². The van der Waals surface area contributed by atoms with Gasteiger partial charge in [0.2, 0.25) is 0 Å². The van der Waals surface area contributed by atoms with E-state index in [0.717, 1.165) is 11.3 Å². The summed E-state index contributed by atoms with van der Waals surface area (Å²) in [6, 6.07) is 15.1. The lowest BCUT2D eigenvalue weighted by atomic mass is 10.0. The zero-order valence-electron chi connectivity index (χ0n) is 17.4. The Balaban J connectivity index is 1.60. The van der Waals surface area contributed by atoms with Gasteiger partial charge in [-0.15, -0.1) is 11.3 Å². The highest BCUT2D eigenvalue weighted by atomic mass is 32.1. The van der Waals surface area contributed by atoms with Crippen LogP contribution < -0.4 is 16.5 Å². The monoisotopic (exact) mass is 462 g/mol. The summed E-state index contributed by atoms with van der Waals surface area (Å²) in [5.41, 5.74) is 6.36. The molecule has 0 saturated heterocycles. The first kappa shape index (κ1) is 22.0. The second kappa shape index (κ2) is 9.09. The Morgan fingerprint density at radius 1 is 1.03 bits per heavy atom. The average Bonchev–Trinajstić information content (AvgIpc) is 3.28. The molecule has 2 aromatic carbocycles. The van der Waals surface area contributed by atoms with Gasteiger partial charge >= 0.3 is 5.97 Å². The molecule has 0 unspecified atom stereocenters. The lowest BCUT2D eigenvalue weighted by Crippen LogP contribution is -2.22. The van der Waals surface area contributed by atoms with Gasteiger partial charge < -0.3 is 20.2 Å². The van der Waals surface area contributed by atoms with E-state index in [9.17, 15) is 19.2 Å². The predicted octanol–water partition coefficient (Wildman–Crippen LogP) is 3.72. The van der Waals surface area contributed by atoms with Crippen LogP contribution in [0.25, 0.3) is 22.3 Å². The third kappa shape index (κ3) is 4.39. The molecule has 4 aromatic rings. The first-order chi connectivity index (χ1) is 15.9. The van der Waals surface area contributed by atoms with Gasteiger partial charge in [0, 0.05) is 11.1 Å². The van der Waals surface area contributed by atoms with E-state index in [2.05, 4.69) is 5.32 Å². The SMILES string of the molecule is Cc1c(-c2ccccc2)oc2c(C(=O)OCC(=O)Nc3sccc3C(N)=O)cccc2c1=O. The quantitative estimate of drug-likeness (QED) is 0.420. The van der Waals surface area contributed by atoms with E-state index < -0.39 is 24.4 Å². The van der Waals surface area contributed by atoms with Gasteiger partial charge in [-0.2, -0.15) is 0 Å². The summed E-state index contributed by atoms with van der Waals surface area (Å²) in [7, 11) is 0. The van der Waals surface area contributed by atoms with Crippen molar-refractivity contribution >= 4 is 45.1 Å². The molecular weight excluding hydrogens is 444 g/mol. The highest BCUT2D eigenvalue weighted by molar-refractivity contribution is 7.14. The van der Waals surface area contributed by atoms with E-state index in [0.29, 0.717) is 16.9 Å². The number of esters is 1. The molecule has 4 rings (SSSR count). The van der Waals surface area contributed by atoms with Crippen molar-refractivity contribution in [2.75, 3.05) is 11.9 Å². The third-order valence-electron chi connectivity index (χ3n) is 4.92. The molecule has 0 fully saturated rings. The topological polar surface area (TPSA) is 129 Å². The fourth-order valence-corrected chi connectivity index (χ4v) is 4.12. The average molecular weight is 462 g/mol. The molecule has 8 nitrogen and oxygen atoms in total. The first-order valence-electron chi connectivity index (χ1n) is 9.83. The number of benzene rings is 2. The molecule has 0 aliphatic carbocycles. The number of rotatable bonds is 6. The zero-order chi connectivity index (χ0) is 23.5. The van der Waals surface area contributed by atoms with Crippen molar-refractivity contribution < 1.29 is 23.5 Å². The third-order valence-corrected chi connectivity index (χ3v) is 5.75. The number of anilines is 1. The summed E-state index contributed by atoms with van der Waals surface area (Å²) in [5.74, 6) is -1.81. The van der Waals surface area contributed by atoms with Crippen molar-refractivity contribution in [1.82, 2.24) is 0 Å². The lowest BCUT2D eigenvalue weighted by Gasteiger charge is -2.10. The van der Waals surface area contributed by atoms with Crippen LogP contribution >= 0.6 is 11.3 Å². The fraction of sp³-hybridized carbons (Fsp3) is 0.0833. The molecule has 0 aliphatic rings. The van der Waals surface area contributed by atoms with E-state index in [1.165, 1.54) is 12.1 Å². The maximum atomic E-state index is 12.9. The Bertz CT molecular complexity index is 1440. The summed E-state index contributed by atoms with van der Waals surface area (Å²) >= 11 is 1.12. The summed E-state index contributed by atoms with van der Waals surface area (Å²) in [4.78, 5) is 49.3. The maximum Gasteiger partial charge on any atom is 0.342 e. The minimum Gasteiger partial charge on any atom is -0.455 e. The van der Waals surface area contributed by atoms with Gasteiger partial charge in [0.25, 0.3) is 11.8 Å². The molecular formula is C24H18N2O6S. The number of amides is 2. The zero-order valence-corrected chi connectivity index (χ0v) is 18.2. The number of thiophene rings is 1. The molecule has 2 amide bonds. The van der Waals surface area contributed by atoms with Crippen molar-refractivity contribution in [1.29, 1.82) is 0 Å². The number of para-hydroxylation sites is 1. The van der Waals surface area contributed by atoms with Gasteiger partial charge in [0.05, 0.1) is 10.9 Å². The predicted molar refractivity (Wildman–Crippen MR) is 124 cm³/mol. The highest BCUT2D eigenvalue weighted by Gasteiger charge is 2.20. The fourth-order valence-electron chi connectivity index (χ4n) is 3.31. The molecule has 166 valence electrons. The van der Waals surface area contributed by atoms with E-state index in [-0.39, 0.29) is 32.5 Å². The van der Waals surface area contributed by atoms with Gasteiger partial charge in [0.1, 0.15) is 16.3 Å². The summed E-state index contributed by atoms with van der Waals surface area (Å²) in [6.45, 7) is 1.06. The molecule has 3 N–H and O–H groups in total. The van der Waals surface area contributed by atoms with Crippen molar-refractivity contribution in [2.24, 2.45) is 5.73 Å². The van der Waals surface area contributed by atoms with Crippen molar-refractivity contribution in [3.63, 3.8) is 0 Å². The number of primary amides is 1. The molecule has 33 heavy (non-hydrogen) atoms. The second-order valence-electron chi connectivity index (χ2n) is 7.09. The van der Waals surface area contributed by atoms with Crippen LogP contribution in [0.15, 0.2) is 69.2 Å². The molecule has 2 aromatic heterocycles. The molecule has 0 bridgehead atoms. The smallest absolute Gasteiger partial charge is 0.342 e. The number of fused-ring (bicyclic) bond motifs is 1. The lowest BCUT2D eigenvalue weighted by molar-refractivity contribution is -0.119. The van der Waals surface area contributed by atoms with Crippen molar-refractivity contribution in [2.45, 2.75) is 6.92 Å². The number of nitrogens with one attached hydrogen (secondary N) is 1. The molecule has 9 heteroatoms. The van der Waals surface area contributed by atoms with Crippen LogP contribution in [0.1, 0.15) is 26.3 Å². The number of nitrogens with two attached hydrogens (primary N) is 1. The van der Waals surface area contributed by atoms with Crippen LogP contribution in [0.4, 0.5) is 5.00 Å². The number of ether oxygens (including phenoxy) is 1. The molecule has 0 radical (unpaired) electrons. The Morgan fingerprint density at radius 3 is 2.52 bits per heavy atom. The van der Waals surface area contributed by atoms with Crippen LogP contribution in [0, 0.1) is 6.92 Å². The maximum absolute atomic E-state index is 12.9. The van der Waals surface area contributed by atoms with Crippen LogP contribution in [-0.2, 0) is 9.53 Å². The number of carbonyl (C=O) groups is 3. The van der Waals surface area contributed by atoms with E-state index in [4.69, 9.17) is 14.9 Å². The van der Waals surface area contributed by atoms with Gasteiger partial charge in [-0.3, -0.25) is 14.4 Å². The minimum atomic E-state index is -0.830. The number of hydrogen-bond donors (Lipinski definition) is 2. The van der Waals surface area contributed by atoms with Gasteiger partial charge in [-0.25, -0.2) is 4.79 Å². The van der Waals surface area contributed by atoms with E-state index in [1.54, 1.807) is 36.6 Å². The largest absolute Gasteiger partial charge is 0.455 e. The number of hydrogen-bond acceptors (Lipinski definition) is 7. The standard InChI is InChI=1S/C24H18N2O6S/c1-13-19(28)15-8-5-9-16(21(15)32-20(13)14-6-3-2-4-7-14)24(30)31-12-18(27)26-23-17(22(25)29)10-11-33-23/h2-11H,12H2,1H3,(H2,25,29)(H,26,27). The summed E-state index contributed by atoms with van der Waals surface area (Å²) < 4.78 is 11.1. The second-order valence-corrected chi connectivity index (χ2v) is 8.00. The molecule has 0 atom stereocenters. The van der Waals surface area contributed by atoms with Gasteiger partial charge in [0.15, 0.2) is 17.6 Å². The minimum absolute atomic E-state index is 0.0172. The van der Waals surface area contributed by atoms with Crippen LogP contribution in [0.5, 0.6) is 0 Å². The number of carbonyl (C=O) groups excluding carboxylic acids is 3. The van der Waals surface area contributed by atoms with E-state index in [1.807, 2.05) is 18.2 Å². The summed E-state index contributed by atoms with van der Waals surface area (Å²) in [6.07, 6.45) is 0. The molecule has 2 heterocycles. The van der Waals surface area contributed by atoms with Crippen LogP contribution in [0.2, 0.25) is 0 Å². The Hall–Kier alpha value is -4.24. The van der Waals surface area contributed by atoms with Crippen LogP contribution in [0.3, 0.4) is 0 Å². The first-order valence-corrected chi connectivity index (χ1v) is 10.7. The van der Waals surface area contributed by atoms with Gasteiger partial charge in [-0.05, 0) is 30.5 Å². The molecule has 0 spiro atoms. The molecule has 0 saturated carbocycles.